The minimum Gasteiger partial charge on any atom is -0.368 e. The van der Waals surface area contributed by atoms with Gasteiger partial charge in [-0.05, 0) is 28.0 Å². The maximum atomic E-state index is 6.64. The van der Waals surface area contributed by atoms with Gasteiger partial charge in [-0.2, -0.15) is 0 Å². The highest BCUT2D eigenvalue weighted by molar-refractivity contribution is 5.82. The Morgan fingerprint density at radius 2 is 1.37 bits per heavy atom. The van der Waals surface area contributed by atoms with Gasteiger partial charge in [0, 0.05) is 12.7 Å². The number of rotatable bonds is 8. The van der Waals surface area contributed by atoms with Gasteiger partial charge in [0.25, 0.3) is 0 Å². The standard InChI is InChI=1S/C32H32O6/c1-33-32-30(35-19-22-10-4-2-5-11-22)29(34-20-23-16-17-24-12-8-9-15-26(24)18-23)28-27(37-32)21-36-31(38-28)25-13-6-3-7-14-25/h2-18,27-32H,19-21H2,1H3/t27?,28?,29-,30+,31?,32?/m0/s1. The summed E-state index contributed by atoms with van der Waals surface area (Å²) in [5, 5.41) is 2.38. The highest BCUT2D eigenvalue weighted by Crippen LogP contribution is 2.37. The fourth-order valence-corrected chi connectivity index (χ4v) is 5.17. The molecule has 6 heteroatoms. The quantitative estimate of drug-likeness (QED) is 0.298. The Balaban J connectivity index is 1.27. The third-order valence-electron chi connectivity index (χ3n) is 7.13. The van der Waals surface area contributed by atoms with Gasteiger partial charge in [0.2, 0.25) is 0 Å². The molecule has 0 aliphatic carbocycles. The molecule has 0 bridgehead atoms. The fraction of sp³-hybridized carbons (Fsp3) is 0.312. The van der Waals surface area contributed by atoms with E-state index in [1.807, 2.05) is 72.8 Å². The number of hydrogen-bond donors (Lipinski definition) is 0. The number of methoxy groups -OCH3 is 1. The van der Waals surface area contributed by atoms with Crippen molar-refractivity contribution in [1.29, 1.82) is 0 Å². The Morgan fingerprint density at radius 3 is 2.16 bits per heavy atom. The van der Waals surface area contributed by atoms with Crippen LogP contribution in [0.1, 0.15) is 23.0 Å². The maximum Gasteiger partial charge on any atom is 0.186 e. The molecule has 0 amide bonds. The van der Waals surface area contributed by atoms with Gasteiger partial charge in [0.1, 0.15) is 24.4 Å². The molecular weight excluding hydrogens is 480 g/mol. The van der Waals surface area contributed by atoms with E-state index in [0.29, 0.717) is 19.8 Å². The molecule has 0 radical (unpaired) electrons. The largest absolute Gasteiger partial charge is 0.368 e. The van der Waals surface area contributed by atoms with E-state index in [0.717, 1.165) is 16.7 Å². The first-order chi connectivity index (χ1) is 18.8. The number of benzene rings is 4. The average Bonchev–Trinajstić information content (AvgIpc) is 2.99. The van der Waals surface area contributed by atoms with Crippen LogP contribution >= 0.6 is 0 Å². The molecule has 4 unspecified atom stereocenters. The lowest BCUT2D eigenvalue weighted by Gasteiger charge is -2.48. The molecule has 0 N–H and O–H groups in total. The van der Waals surface area contributed by atoms with E-state index in [4.69, 9.17) is 28.4 Å². The lowest BCUT2D eigenvalue weighted by Crippen LogP contribution is -2.63. The predicted octanol–water partition coefficient (Wildman–Crippen LogP) is 5.80. The van der Waals surface area contributed by atoms with Gasteiger partial charge in [-0.1, -0.05) is 97.1 Å². The molecule has 2 saturated heterocycles. The van der Waals surface area contributed by atoms with Gasteiger partial charge in [-0.15, -0.1) is 0 Å². The molecular formula is C32H32O6. The van der Waals surface area contributed by atoms with Crippen molar-refractivity contribution in [2.24, 2.45) is 0 Å². The molecule has 196 valence electrons. The average molecular weight is 513 g/mol. The second kappa shape index (κ2) is 11.7. The minimum atomic E-state index is -0.623. The van der Waals surface area contributed by atoms with E-state index < -0.39 is 30.9 Å². The minimum absolute atomic E-state index is 0.349. The molecule has 2 fully saturated rings. The maximum absolute atomic E-state index is 6.64. The molecule has 0 aromatic heterocycles. The van der Waals surface area contributed by atoms with Crippen LogP contribution in [0.25, 0.3) is 10.8 Å². The van der Waals surface area contributed by atoms with Crippen molar-refractivity contribution in [3.63, 3.8) is 0 Å². The van der Waals surface area contributed by atoms with Crippen molar-refractivity contribution < 1.29 is 28.4 Å². The van der Waals surface area contributed by atoms with Crippen LogP contribution in [0.5, 0.6) is 0 Å². The van der Waals surface area contributed by atoms with Crippen molar-refractivity contribution in [3.05, 3.63) is 120 Å². The van der Waals surface area contributed by atoms with E-state index in [9.17, 15) is 0 Å². The van der Waals surface area contributed by atoms with Gasteiger partial charge < -0.3 is 28.4 Å². The van der Waals surface area contributed by atoms with E-state index in [1.165, 1.54) is 10.8 Å². The van der Waals surface area contributed by atoms with E-state index in [1.54, 1.807) is 7.11 Å². The summed E-state index contributed by atoms with van der Waals surface area (Å²) in [7, 11) is 1.63. The third-order valence-corrected chi connectivity index (χ3v) is 7.13. The Labute approximate surface area is 223 Å². The predicted molar refractivity (Wildman–Crippen MR) is 143 cm³/mol. The van der Waals surface area contributed by atoms with Crippen LogP contribution in [0.3, 0.4) is 0 Å². The van der Waals surface area contributed by atoms with Gasteiger partial charge in [-0.25, -0.2) is 0 Å². The number of hydrogen-bond acceptors (Lipinski definition) is 6. The summed E-state index contributed by atoms with van der Waals surface area (Å²) in [4.78, 5) is 0. The summed E-state index contributed by atoms with van der Waals surface area (Å²) in [6, 6.07) is 34.7. The molecule has 0 spiro atoms. The SMILES string of the molecule is COC1OC2COC(c3ccccc3)OC2[C@H](OCc2ccc3ccccc3c2)[C@H]1OCc1ccccc1. The summed E-state index contributed by atoms with van der Waals surface area (Å²) in [5.74, 6) is 0. The Morgan fingerprint density at radius 1 is 0.684 bits per heavy atom. The van der Waals surface area contributed by atoms with Crippen molar-refractivity contribution in [2.75, 3.05) is 13.7 Å². The fourth-order valence-electron chi connectivity index (χ4n) is 5.17. The van der Waals surface area contributed by atoms with Crippen molar-refractivity contribution in [3.8, 4) is 0 Å². The summed E-state index contributed by atoms with van der Waals surface area (Å²) >= 11 is 0. The second-order valence-corrected chi connectivity index (χ2v) is 9.67. The normalized spacial score (nSPS) is 27.2. The monoisotopic (exact) mass is 512 g/mol. The van der Waals surface area contributed by atoms with Crippen LogP contribution in [0.4, 0.5) is 0 Å². The van der Waals surface area contributed by atoms with E-state index in [-0.39, 0.29) is 6.10 Å². The molecule has 4 aromatic rings. The lowest BCUT2D eigenvalue weighted by molar-refractivity contribution is -0.369. The van der Waals surface area contributed by atoms with Crippen LogP contribution in [0.15, 0.2) is 103 Å². The lowest BCUT2D eigenvalue weighted by atomic mass is 9.97. The second-order valence-electron chi connectivity index (χ2n) is 9.67. The zero-order valence-corrected chi connectivity index (χ0v) is 21.3. The highest BCUT2D eigenvalue weighted by Gasteiger charge is 2.51. The van der Waals surface area contributed by atoms with Crippen LogP contribution in [0, 0.1) is 0 Å². The Bertz CT molecular complexity index is 1310. The van der Waals surface area contributed by atoms with Crippen LogP contribution in [-0.4, -0.2) is 44.4 Å². The molecule has 2 aliphatic heterocycles. The Hall–Kier alpha value is -3.10. The van der Waals surface area contributed by atoms with Crippen molar-refractivity contribution in [1.82, 2.24) is 0 Å². The number of fused-ring (bicyclic) bond motifs is 2. The van der Waals surface area contributed by atoms with Gasteiger partial charge in [0.15, 0.2) is 12.6 Å². The molecule has 6 nitrogen and oxygen atoms in total. The zero-order chi connectivity index (χ0) is 25.7. The molecule has 0 saturated carbocycles. The van der Waals surface area contributed by atoms with Crippen molar-refractivity contribution >= 4 is 10.8 Å². The molecule has 4 aromatic carbocycles. The molecule has 2 aliphatic rings. The first-order valence-electron chi connectivity index (χ1n) is 13.0. The van der Waals surface area contributed by atoms with Gasteiger partial charge in [0.05, 0.1) is 19.8 Å². The van der Waals surface area contributed by atoms with Crippen LogP contribution in [-0.2, 0) is 41.6 Å². The number of ether oxygens (including phenoxy) is 6. The molecule has 6 rings (SSSR count). The van der Waals surface area contributed by atoms with Crippen LogP contribution in [0.2, 0.25) is 0 Å². The first-order valence-corrected chi connectivity index (χ1v) is 13.0. The summed E-state index contributed by atoms with van der Waals surface area (Å²) in [6.45, 7) is 1.17. The molecule has 6 atom stereocenters. The Kier molecular flexibility index (Phi) is 7.79. The van der Waals surface area contributed by atoms with Crippen molar-refractivity contribution in [2.45, 2.75) is 50.2 Å². The topological polar surface area (TPSA) is 55.4 Å². The van der Waals surface area contributed by atoms with E-state index in [2.05, 4.69) is 30.3 Å². The zero-order valence-electron chi connectivity index (χ0n) is 21.3. The molecule has 38 heavy (non-hydrogen) atoms. The van der Waals surface area contributed by atoms with Gasteiger partial charge >= 0.3 is 0 Å². The van der Waals surface area contributed by atoms with Gasteiger partial charge in [-0.3, -0.25) is 0 Å². The third kappa shape index (κ3) is 5.52. The molecule has 2 heterocycles. The highest BCUT2D eigenvalue weighted by atomic mass is 16.8. The first kappa shape index (κ1) is 25.2. The summed E-state index contributed by atoms with van der Waals surface area (Å²) < 4.78 is 37.7. The summed E-state index contributed by atoms with van der Waals surface area (Å²) in [6.07, 6.45) is -2.83. The van der Waals surface area contributed by atoms with E-state index >= 15 is 0 Å². The summed E-state index contributed by atoms with van der Waals surface area (Å²) in [5.41, 5.74) is 3.09. The van der Waals surface area contributed by atoms with Crippen LogP contribution < -0.4 is 0 Å². The smallest absolute Gasteiger partial charge is 0.186 e.